The van der Waals surface area contributed by atoms with E-state index in [1.807, 2.05) is 10.8 Å². The fourth-order valence-corrected chi connectivity index (χ4v) is 2.80. The number of carbonyl (C=O) groups excluding carboxylic acids is 1. The lowest BCUT2D eigenvalue weighted by Crippen LogP contribution is -2.13. The SMILES string of the molecule is COCc1cc(=O)c(O)c([C@@H](CC(=O)OC)c2ccsc2)o1. The van der Waals surface area contributed by atoms with Crippen molar-refractivity contribution in [3.8, 4) is 5.75 Å². The van der Waals surface area contributed by atoms with Gasteiger partial charge in [0.25, 0.3) is 0 Å². The van der Waals surface area contributed by atoms with E-state index in [0.717, 1.165) is 5.56 Å². The predicted molar refractivity (Wildman–Crippen MR) is 80.2 cm³/mol. The molecule has 6 nitrogen and oxygen atoms in total. The van der Waals surface area contributed by atoms with E-state index in [4.69, 9.17) is 9.15 Å². The van der Waals surface area contributed by atoms with Gasteiger partial charge in [-0.05, 0) is 22.4 Å². The number of rotatable bonds is 6. The summed E-state index contributed by atoms with van der Waals surface area (Å²) in [6.07, 6.45) is -0.0415. The van der Waals surface area contributed by atoms with E-state index >= 15 is 0 Å². The van der Waals surface area contributed by atoms with Gasteiger partial charge in [-0.3, -0.25) is 9.59 Å². The molecular weight excluding hydrogens is 308 g/mol. The van der Waals surface area contributed by atoms with Gasteiger partial charge in [0.2, 0.25) is 11.2 Å². The van der Waals surface area contributed by atoms with E-state index in [2.05, 4.69) is 4.74 Å². The highest BCUT2D eigenvalue weighted by Gasteiger charge is 2.26. The zero-order valence-corrected chi connectivity index (χ0v) is 13.0. The van der Waals surface area contributed by atoms with Gasteiger partial charge in [0.15, 0.2) is 5.76 Å². The molecule has 2 aromatic rings. The number of methoxy groups -OCH3 is 2. The van der Waals surface area contributed by atoms with Crippen molar-refractivity contribution in [2.24, 2.45) is 0 Å². The normalized spacial score (nSPS) is 12.1. The van der Waals surface area contributed by atoms with Crippen LogP contribution in [-0.2, 0) is 20.9 Å². The molecule has 0 aliphatic heterocycles. The highest BCUT2D eigenvalue weighted by atomic mass is 32.1. The molecule has 0 bridgehead atoms. The Balaban J connectivity index is 2.51. The Morgan fingerprint density at radius 2 is 2.23 bits per heavy atom. The maximum absolute atomic E-state index is 11.9. The molecule has 0 unspecified atom stereocenters. The molecule has 0 spiro atoms. The first-order chi connectivity index (χ1) is 10.6. The van der Waals surface area contributed by atoms with E-state index in [0.29, 0.717) is 0 Å². The van der Waals surface area contributed by atoms with Crippen molar-refractivity contribution in [1.82, 2.24) is 0 Å². The molecule has 0 fully saturated rings. The summed E-state index contributed by atoms with van der Waals surface area (Å²) >= 11 is 1.44. The molecule has 0 aromatic carbocycles. The van der Waals surface area contributed by atoms with Crippen molar-refractivity contribution in [2.75, 3.05) is 14.2 Å². The summed E-state index contributed by atoms with van der Waals surface area (Å²) in [5, 5.41) is 13.7. The second-order valence-electron chi connectivity index (χ2n) is 4.61. The Kier molecular flexibility index (Phi) is 5.35. The summed E-state index contributed by atoms with van der Waals surface area (Å²) in [5.74, 6) is -1.23. The standard InChI is InChI=1S/C15H16O6S/c1-19-7-10-5-12(16)14(18)15(21-10)11(6-13(17)20-2)9-3-4-22-8-9/h3-5,8,11,18H,6-7H2,1-2H3/t11-/m0/s1. The highest BCUT2D eigenvalue weighted by Crippen LogP contribution is 2.34. The lowest BCUT2D eigenvalue weighted by atomic mass is 9.94. The monoisotopic (exact) mass is 324 g/mol. The van der Waals surface area contributed by atoms with Crippen LogP contribution in [0.5, 0.6) is 5.75 Å². The number of carbonyl (C=O) groups is 1. The van der Waals surface area contributed by atoms with Gasteiger partial charge in [-0.25, -0.2) is 0 Å². The average Bonchev–Trinajstić information content (AvgIpc) is 3.02. The Labute approximate surface area is 130 Å². The summed E-state index contributed by atoms with van der Waals surface area (Å²) in [5.41, 5.74) is 0.196. The number of aromatic hydroxyl groups is 1. The summed E-state index contributed by atoms with van der Waals surface area (Å²) in [7, 11) is 2.75. The zero-order valence-electron chi connectivity index (χ0n) is 12.2. The molecule has 2 aromatic heterocycles. The smallest absolute Gasteiger partial charge is 0.306 e. The quantitative estimate of drug-likeness (QED) is 0.820. The fourth-order valence-electron chi connectivity index (χ4n) is 2.09. The second kappa shape index (κ2) is 7.24. The van der Waals surface area contributed by atoms with Gasteiger partial charge in [0.1, 0.15) is 12.4 Å². The van der Waals surface area contributed by atoms with Crippen LogP contribution in [0.15, 0.2) is 32.1 Å². The summed E-state index contributed by atoms with van der Waals surface area (Å²) in [6, 6.07) is 2.98. The molecule has 0 radical (unpaired) electrons. The molecule has 1 atom stereocenters. The van der Waals surface area contributed by atoms with Crippen LogP contribution in [0.3, 0.4) is 0 Å². The minimum absolute atomic E-state index is 0.0415. The molecule has 0 amide bonds. The van der Waals surface area contributed by atoms with Crippen molar-refractivity contribution >= 4 is 17.3 Å². The van der Waals surface area contributed by atoms with Gasteiger partial charge in [-0.2, -0.15) is 11.3 Å². The predicted octanol–water partition coefficient (Wildman–Crippen LogP) is 2.25. The third-order valence-corrected chi connectivity index (χ3v) is 3.85. The molecule has 0 aliphatic rings. The van der Waals surface area contributed by atoms with Crippen LogP contribution < -0.4 is 5.43 Å². The van der Waals surface area contributed by atoms with Crippen molar-refractivity contribution in [3.63, 3.8) is 0 Å². The fraction of sp³-hybridized carbons (Fsp3) is 0.333. The minimum atomic E-state index is -0.594. The van der Waals surface area contributed by atoms with Crippen LogP contribution in [0.4, 0.5) is 0 Å². The van der Waals surface area contributed by atoms with Crippen molar-refractivity contribution < 1.29 is 23.8 Å². The average molecular weight is 324 g/mol. The van der Waals surface area contributed by atoms with Gasteiger partial charge in [0, 0.05) is 13.2 Å². The van der Waals surface area contributed by atoms with Crippen LogP contribution in [0.25, 0.3) is 0 Å². The lowest BCUT2D eigenvalue weighted by molar-refractivity contribution is -0.140. The maximum atomic E-state index is 11.9. The molecule has 22 heavy (non-hydrogen) atoms. The number of hydrogen-bond acceptors (Lipinski definition) is 7. The van der Waals surface area contributed by atoms with E-state index < -0.39 is 23.1 Å². The van der Waals surface area contributed by atoms with E-state index in [-0.39, 0.29) is 24.5 Å². The van der Waals surface area contributed by atoms with Gasteiger partial charge in [-0.15, -0.1) is 0 Å². The van der Waals surface area contributed by atoms with Crippen molar-refractivity contribution in [3.05, 3.63) is 50.2 Å². The third kappa shape index (κ3) is 3.55. The van der Waals surface area contributed by atoms with E-state index in [9.17, 15) is 14.7 Å². The van der Waals surface area contributed by atoms with Crippen LogP contribution >= 0.6 is 11.3 Å². The molecule has 0 aliphatic carbocycles. The third-order valence-electron chi connectivity index (χ3n) is 3.15. The first-order valence-electron chi connectivity index (χ1n) is 6.50. The molecular formula is C15H16O6S. The van der Waals surface area contributed by atoms with E-state index in [1.54, 1.807) is 6.07 Å². The van der Waals surface area contributed by atoms with Gasteiger partial charge >= 0.3 is 5.97 Å². The maximum Gasteiger partial charge on any atom is 0.306 e. The second-order valence-corrected chi connectivity index (χ2v) is 5.39. The summed E-state index contributed by atoms with van der Waals surface area (Å²) < 4.78 is 15.2. The van der Waals surface area contributed by atoms with E-state index in [1.165, 1.54) is 31.6 Å². The largest absolute Gasteiger partial charge is 0.502 e. The van der Waals surface area contributed by atoms with Crippen LogP contribution in [0.2, 0.25) is 0 Å². The highest BCUT2D eigenvalue weighted by molar-refractivity contribution is 7.08. The van der Waals surface area contributed by atoms with Gasteiger partial charge in [0.05, 0.1) is 19.4 Å². The first-order valence-corrected chi connectivity index (χ1v) is 7.44. The molecule has 2 rings (SSSR count). The van der Waals surface area contributed by atoms with Crippen LogP contribution in [-0.4, -0.2) is 25.3 Å². The number of hydrogen-bond donors (Lipinski definition) is 1. The Bertz CT molecular complexity index is 689. The zero-order chi connectivity index (χ0) is 16.1. The Morgan fingerprint density at radius 3 is 2.82 bits per heavy atom. The summed E-state index contributed by atoms with van der Waals surface area (Å²) in [4.78, 5) is 23.5. The van der Waals surface area contributed by atoms with Crippen molar-refractivity contribution in [1.29, 1.82) is 0 Å². The molecule has 0 saturated heterocycles. The van der Waals surface area contributed by atoms with Crippen LogP contribution in [0, 0.1) is 0 Å². The molecule has 1 N–H and O–H groups in total. The van der Waals surface area contributed by atoms with Crippen LogP contribution in [0.1, 0.15) is 29.4 Å². The van der Waals surface area contributed by atoms with Crippen molar-refractivity contribution in [2.45, 2.75) is 18.9 Å². The lowest BCUT2D eigenvalue weighted by Gasteiger charge is -2.16. The number of ether oxygens (including phenoxy) is 2. The Hall–Kier alpha value is -2.12. The molecule has 0 saturated carbocycles. The van der Waals surface area contributed by atoms with Gasteiger partial charge in [-0.1, -0.05) is 0 Å². The number of esters is 1. The first kappa shape index (κ1) is 16.3. The minimum Gasteiger partial charge on any atom is -0.502 e. The topological polar surface area (TPSA) is 86.0 Å². The molecule has 7 heteroatoms. The van der Waals surface area contributed by atoms with Gasteiger partial charge < -0.3 is 19.0 Å². The molecule has 2 heterocycles. The Morgan fingerprint density at radius 1 is 1.45 bits per heavy atom. The number of thiophene rings is 1. The summed E-state index contributed by atoms with van der Waals surface area (Å²) in [6.45, 7) is 0.0943. The molecule has 118 valence electrons.